The Balaban J connectivity index is 1.39. The molecule has 0 aromatic carbocycles. The normalized spacial score (nSPS) is 32.1. The monoisotopic (exact) mass is 406 g/mol. The van der Waals surface area contributed by atoms with Crippen molar-refractivity contribution >= 4 is 16.9 Å². The van der Waals surface area contributed by atoms with Crippen LogP contribution >= 0.6 is 0 Å². The number of fused-ring (bicyclic) bond motifs is 1. The highest BCUT2D eigenvalue weighted by molar-refractivity contribution is 6.06. The fourth-order valence-electron chi connectivity index (χ4n) is 7.04. The Hall–Kier alpha value is -2.84. The van der Waals surface area contributed by atoms with E-state index in [1.807, 2.05) is 31.8 Å². The van der Waals surface area contributed by atoms with E-state index >= 15 is 0 Å². The van der Waals surface area contributed by atoms with Gasteiger partial charge in [0.15, 0.2) is 12.0 Å². The molecular formula is C21H26N8O. The third-order valence-electron chi connectivity index (χ3n) is 7.52. The molecule has 4 aliphatic rings. The Kier molecular flexibility index (Phi) is 3.51. The molecule has 1 amide bonds. The summed E-state index contributed by atoms with van der Waals surface area (Å²) in [4.78, 5) is 20.1. The standard InChI is InChI=1S/C21H26N8O/c1-12-4-16(17-13(2)26-28(3)18(17)24-12)19(30)25-20-6-14-5-15(7-20)9-21(8-14,10-20)29-23-11-22-27-29/h4,11,14-15H,5-10H2,1-3H3,(H,25,30)/t14-,15+,20?,21?. The van der Waals surface area contributed by atoms with E-state index in [-0.39, 0.29) is 17.0 Å². The van der Waals surface area contributed by atoms with Crippen molar-refractivity contribution in [1.29, 1.82) is 0 Å². The van der Waals surface area contributed by atoms with Crippen molar-refractivity contribution in [3.8, 4) is 0 Å². The van der Waals surface area contributed by atoms with Crippen LogP contribution in [0.2, 0.25) is 0 Å². The molecular weight excluding hydrogens is 380 g/mol. The van der Waals surface area contributed by atoms with Crippen molar-refractivity contribution < 1.29 is 4.79 Å². The molecule has 3 heterocycles. The van der Waals surface area contributed by atoms with Gasteiger partial charge in [0.25, 0.3) is 5.91 Å². The van der Waals surface area contributed by atoms with Crippen LogP contribution in [0.15, 0.2) is 12.4 Å². The second kappa shape index (κ2) is 5.86. The molecule has 0 aliphatic heterocycles. The first-order valence-electron chi connectivity index (χ1n) is 10.7. The van der Waals surface area contributed by atoms with Gasteiger partial charge in [-0.1, -0.05) is 0 Å². The Bertz CT molecular complexity index is 1150. The molecule has 30 heavy (non-hydrogen) atoms. The van der Waals surface area contributed by atoms with Gasteiger partial charge in [0, 0.05) is 18.3 Å². The van der Waals surface area contributed by atoms with Gasteiger partial charge in [-0.2, -0.15) is 9.90 Å². The number of amides is 1. The smallest absolute Gasteiger partial charge is 0.252 e. The number of tetrazole rings is 1. The van der Waals surface area contributed by atoms with Crippen molar-refractivity contribution in [2.45, 2.75) is 63.5 Å². The summed E-state index contributed by atoms with van der Waals surface area (Å²) in [6.45, 7) is 3.86. The average Bonchev–Trinajstić information content (AvgIpc) is 3.29. The van der Waals surface area contributed by atoms with Gasteiger partial charge in [0.1, 0.15) is 0 Å². The number of carbonyl (C=O) groups is 1. The molecule has 3 aromatic heterocycles. The van der Waals surface area contributed by atoms with E-state index in [1.165, 1.54) is 12.7 Å². The molecule has 4 bridgehead atoms. The van der Waals surface area contributed by atoms with Crippen molar-refractivity contribution in [2.75, 3.05) is 0 Å². The van der Waals surface area contributed by atoms with E-state index in [4.69, 9.17) is 0 Å². The van der Waals surface area contributed by atoms with Gasteiger partial charge >= 0.3 is 0 Å². The summed E-state index contributed by atoms with van der Waals surface area (Å²) in [6.07, 6.45) is 7.86. The van der Waals surface area contributed by atoms with Crippen LogP contribution in [-0.2, 0) is 12.6 Å². The minimum atomic E-state index is -0.214. The highest BCUT2D eigenvalue weighted by atomic mass is 16.1. The van der Waals surface area contributed by atoms with Gasteiger partial charge in [-0.15, -0.1) is 10.2 Å². The third-order valence-corrected chi connectivity index (χ3v) is 7.52. The second-order valence-corrected chi connectivity index (χ2v) is 9.86. The topological polar surface area (TPSA) is 103 Å². The quantitative estimate of drug-likeness (QED) is 0.714. The first-order valence-corrected chi connectivity index (χ1v) is 10.7. The van der Waals surface area contributed by atoms with Crippen LogP contribution in [0.25, 0.3) is 11.0 Å². The number of carbonyl (C=O) groups excluding carboxylic acids is 1. The molecule has 4 saturated carbocycles. The van der Waals surface area contributed by atoms with Crippen LogP contribution in [0.5, 0.6) is 0 Å². The molecule has 9 nitrogen and oxygen atoms in total. The van der Waals surface area contributed by atoms with Crippen LogP contribution in [0.1, 0.15) is 60.3 Å². The van der Waals surface area contributed by atoms with Gasteiger partial charge in [-0.3, -0.25) is 9.48 Å². The van der Waals surface area contributed by atoms with Crippen LogP contribution in [0, 0.1) is 25.7 Å². The molecule has 0 radical (unpaired) electrons. The van der Waals surface area contributed by atoms with Gasteiger partial charge in [-0.05, 0) is 75.5 Å². The first-order chi connectivity index (χ1) is 14.4. The SMILES string of the molecule is Cc1cc(C(=O)NC23C[C@H]4C[C@@H](C2)CC(n2ncnn2)(C4)C3)c2c(C)nn(C)c2n1. The number of pyridine rings is 1. The number of aromatic nitrogens is 7. The van der Waals surface area contributed by atoms with Crippen LogP contribution < -0.4 is 5.32 Å². The van der Waals surface area contributed by atoms with Gasteiger partial charge in [-0.25, -0.2) is 4.98 Å². The molecule has 4 aliphatic carbocycles. The second-order valence-electron chi connectivity index (χ2n) is 9.86. The molecule has 3 aromatic rings. The number of aryl methyl sites for hydroxylation is 3. The number of nitrogens with one attached hydrogen (secondary N) is 1. The lowest BCUT2D eigenvalue weighted by atomic mass is 9.50. The number of rotatable bonds is 3. The van der Waals surface area contributed by atoms with E-state index in [9.17, 15) is 4.79 Å². The minimum absolute atomic E-state index is 0.0229. The largest absolute Gasteiger partial charge is 0.346 e. The van der Waals surface area contributed by atoms with E-state index in [1.54, 1.807) is 4.68 Å². The Morgan fingerprint density at radius 2 is 1.97 bits per heavy atom. The van der Waals surface area contributed by atoms with Crippen molar-refractivity contribution in [3.05, 3.63) is 29.3 Å². The van der Waals surface area contributed by atoms with E-state index < -0.39 is 0 Å². The minimum Gasteiger partial charge on any atom is -0.346 e. The summed E-state index contributed by atoms with van der Waals surface area (Å²) in [6, 6.07) is 1.89. The van der Waals surface area contributed by atoms with Crippen LogP contribution in [0.3, 0.4) is 0 Å². The van der Waals surface area contributed by atoms with E-state index in [0.29, 0.717) is 17.4 Å². The molecule has 2 unspecified atom stereocenters. The molecule has 1 N–H and O–H groups in total. The molecule has 7 rings (SSSR count). The zero-order valence-corrected chi connectivity index (χ0v) is 17.6. The molecule has 0 spiro atoms. The highest BCUT2D eigenvalue weighted by Crippen LogP contribution is 2.60. The third kappa shape index (κ3) is 2.47. The maximum absolute atomic E-state index is 13.6. The molecule has 9 heteroatoms. The summed E-state index contributed by atoms with van der Waals surface area (Å²) in [5.41, 5.74) is 2.75. The first kappa shape index (κ1) is 18.0. The van der Waals surface area contributed by atoms with Crippen molar-refractivity contribution in [2.24, 2.45) is 18.9 Å². The van der Waals surface area contributed by atoms with Crippen LogP contribution in [0.4, 0.5) is 0 Å². The predicted molar refractivity (Wildman–Crippen MR) is 109 cm³/mol. The molecule has 4 atom stereocenters. The summed E-state index contributed by atoms with van der Waals surface area (Å²) in [5, 5.41) is 21.5. The lowest BCUT2D eigenvalue weighted by Gasteiger charge is -2.61. The van der Waals surface area contributed by atoms with Crippen molar-refractivity contribution in [3.63, 3.8) is 0 Å². The van der Waals surface area contributed by atoms with Gasteiger partial charge in [0.2, 0.25) is 0 Å². The fraction of sp³-hybridized carbons (Fsp3) is 0.619. The van der Waals surface area contributed by atoms with Gasteiger partial charge in [0.05, 0.1) is 22.2 Å². The average molecular weight is 406 g/mol. The summed E-state index contributed by atoms with van der Waals surface area (Å²) >= 11 is 0. The lowest BCUT2D eigenvalue weighted by Crippen LogP contribution is -2.66. The summed E-state index contributed by atoms with van der Waals surface area (Å²) < 4.78 is 1.75. The lowest BCUT2D eigenvalue weighted by molar-refractivity contribution is -0.0810. The zero-order valence-electron chi connectivity index (χ0n) is 17.6. The summed E-state index contributed by atoms with van der Waals surface area (Å²) in [5.74, 6) is 1.17. The van der Waals surface area contributed by atoms with Crippen LogP contribution in [-0.4, -0.2) is 46.4 Å². The van der Waals surface area contributed by atoms with E-state index in [0.717, 1.165) is 54.5 Å². The predicted octanol–water partition coefficient (Wildman–Crippen LogP) is 2.05. The number of hydrogen-bond donors (Lipinski definition) is 1. The number of nitrogens with zero attached hydrogens (tertiary/aromatic N) is 7. The van der Waals surface area contributed by atoms with E-state index in [2.05, 4.69) is 30.8 Å². The number of hydrogen-bond acceptors (Lipinski definition) is 6. The van der Waals surface area contributed by atoms with Crippen molar-refractivity contribution in [1.82, 2.24) is 40.3 Å². The molecule has 156 valence electrons. The highest BCUT2D eigenvalue weighted by Gasteiger charge is 2.60. The maximum Gasteiger partial charge on any atom is 0.252 e. The Morgan fingerprint density at radius 3 is 2.67 bits per heavy atom. The summed E-state index contributed by atoms with van der Waals surface area (Å²) in [7, 11) is 1.87. The molecule has 0 saturated heterocycles. The Labute approximate surface area is 174 Å². The molecule has 4 fully saturated rings. The maximum atomic E-state index is 13.6. The zero-order chi connectivity index (χ0) is 20.7. The van der Waals surface area contributed by atoms with Gasteiger partial charge < -0.3 is 5.32 Å². The fourth-order valence-corrected chi connectivity index (χ4v) is 7.04. The Morgan fingerprint density at radius 1 is 1.20 bits per heavy atom.